The molecule has 0 radical (unpaired) electrons. The van der Waals surface area contributed by atoms with Gasteiger partial charge in [0, 0.05) is 12.1 Å². The molecule has 3 aromatic rings. The summed E-state index contributed by atoms with van der Waals surface area (Å²) in [5, 5.41) is 12.8. The number of nitro benzene ring substituents is 1. The Hall–Kier alpha value is -3.96. The van der Waals surface area contributed by atoms with Crippen LogP contribution in [-0.2, 0) is 14.4 Å². The summed E-state index contributed by atoms with van der Waals surface area (Å²) in [6.07, 6.45) is -1.11. The van der Waals surface area contributed by atoms with Gasteiger partial charge in [0.25, 0.3) is 11.6 Å². The lowest BCUT2D eigenvalue weighted by atomic mass is 9.90. The van der Waals surface area contributed by atoms with E-state index in [1.807, 2.05) is 6.92 Å². The highest BCUT2D eigenvalue weighted by Gasteiger charge is 2.60. The van der Waals surface area contributed by atoms with Gasteiger partial charge in [-0.25, -0.2) is 9.96 Å². The molecule has 3 aromatic carbocycles. The number of amides is 2. The van der Waals surface area contributed by atoms with Gasteiger partial charge in [0.15, 0.2) is 6.10 Å². The first-order valence-corrected chi connectivity index (χ1v) is 12.3. The van der Waals surface area contributed by atoms with Crippen molar-refractivity contribution in [3.63, 3.8) is 0 Å². The number of nitrogens with zero attached hydrogens (tertiary/aromatic N) is 3. The Labute approximate surface area is 220 Å². The number of carbonyl (C=O) groups excluding carboxylic acids is 2. The number of benzene rings is 3. The first kappa shape index (κ1) is 24.7. The van der Waals surface area contributed by atoms with Gasteiger partial charge in [-0.3, -0.25) is 24.5 Å². The lowest BCUT2D eigenvalue weighted by Gasteiger charge is -2.29. The number of rotatable bonds is 7. The Morgan fingerprint density at radius 3 is 2.43 bits per heavy atom. The van der Waals surface area contributed by atoms with Crippen LogP contribution >= 0.6 is 15.9 Å². The highest BCUT2D eigenvalue weighted by atomic mass is 79.9. The largest absolute Gasteiger partial charge is 0.496 e. The average Bonchev–Trinajstić information content (AvgIpc) is 3.40. The van der Waals surface area contributed by atoms with Crippen molar-refractivity contribution in [2.24, 2.45) is 5.92 Å². The molecule has 3 unspecified atom stereocenters. The SMILES string of the molecule is CCOc1ccc(N2C(=O)C3ON(c4cccc([N+](=O)[O-])c4)C(c4ccc(OC)c(Br)c4)C3C2=O)cc1. The summed E-state index contributed by atoms with van der Waals surface area (Å²) < 4.78 is 11.4. The molecule has 2 heterocycles. The monoisotopic (exact) mass is 567 g/mol. The lowest BCUT2D eigenvalue weighted by Crippen LogP contribution is -2.37. The Balaban J connectivity index is 1.57. The minimum Gasteiger partial charge on any atom is -0.496 e. The van der Waals surface area contributed by atoms with Gasteiger partial charge in [0.2, 0.25) is 5.91 Å². The van der Waals surface area contributed by atoms with E-state index in [4.69, 9.17) is 14.3 Å². The molecule has 0 aromatic heterocycles. The number of hydroxylamine groups is 1. The van der Waals surface area contributed by atoms with Crippen LogP contribution in [0.1, 0.15) is 18.5 Å². The fraction of sp³-hybridized carbons (Fsp3) is 0.231. The van der Waals surface area contributed by atoms with Gasteiger partial charge < -0.3 is 9.47 Å². The predicted molar refractivity (Wildman–Crippen MR) is 137 cm³/mol. The first-order chi connectivity index (χ1) is 17.8. The van der Waals surface area contributed by atoms with Gasteiger partial charge in [0.1, 0.15) is 17.4 Å². The molecule has 11 heteroatoms. The highest BCUT2D eigenvalue weighted by Crippen LogP contribution is 2.48. The molecular formula is C26H22BrN3O7. The predicted octanol–water partition coefficient (Wildman–Crippen LogP) is 4.82. The zero-order chi connectivity index (χ0) is 26.3. The molecule has 10 nitrogen and oxygen atoms in total. The van der Waals surface area contributed by atoms with Crippen molar-refractivity contribution >= 4 is 44.8 Å². The molecule has 0 saturated carbocycles. The number of non-ortho nitro benzene ring substituents is 1. The van der Waals surface area contributed by atoms with E-state index < -0.39 is 34.8 Å². The maximum Gasteiger partial charge on any atom is 0.271 e. The molecule has 5 rings (SSSR count). The van der Waals surface area contributed by atoms with E-state index in [9.17, 15) is 19.7 Å². The van der Waals surface area contributed by atoms with E-state index in [1.165, 1.54) is 30.4 Å². The standard InChI is InChI=1S/C26H22BrN3O7/c1-3-36-19-10-8-16(9-11-19)28-25(31)22-23(15-7-12-21(35-2)20(27)13-15)29(37-24(22)26(28)32)17-5-4-6-18(14-17)30(33)34/h4-14,22-24H,3H2,1-2H3. The van der Waals surface area contributed by atoms with Crippen molar-refractivity contribution in [3.05, 3.63) is 86.9 Å². The Bertz CT molecular complexity index is 1380. The maximum atomic E-state index is 13.8. The van der Waals surface area contributed by atoms with E-state index in [-0.39, 0.29) is 5.69 Å². The topological polar surface area (TPSA) is 111 Å². The van der Waals surface area contributed by atoms with Crippen molar-refractivity contribution in [3.8, 4) is 11.5 Å². The molecule has 0 aliphatic carbocycles. The zero-order valence-electron chi connectivity index (χ0n) is 19.9. The third-order valence-corrected chi connectivity index (χ3v) is 6.95. The van der Waals surface area contributed by atoms with Crippen molar-refractivity contribution in [2.75, 3.05) is 23.7 Å². The summed E-state index contributed by atoms with van der Waals surface area (Å²) in [5.41, 5.74) is 1.30. The second kappa shape index (κ2) is 9.83. The smallest absolute Gasteiger partial charge is 0.271 e. The van der Waals surface area contributed by atoms with E-state index in [0.717, 1.165) is 4.90 Å². The van der Waals surface area contributed by atoms with Crippen LogP contribution in [0.2, 0.25) is 0 Å². The number of carbonyl (C=O) groups is 2. The summed E-state index contributed by atoms with van der Waals surface area (Å²) in [4.78, 5) is 45.4. The van der Waals surface area contributed by atoms with Crippen molar-refractivity contribution < 1.29 is 28.8 Å². The summed E-state index contributed by atoms with van der Waals surface area (Å²) in [7, 11) is 1.54. The lowest BCUT2D eigenvalue weighted by molar-refractivity contribution is -0.384. The second-order valence-electron chi connectivity index (χ2n) is 8.43. The van der Waals surface area contributed by atoms with Crippen LogP contribution in [0.5, 0.6) is 11.5 Å². The van der Waals surface area contributed by atoms with Gasteiger partial charge in [0.05, 0.1) is 40.5 Å². The Morgan fingerprint density at radius 1 is 1.03 bits per heavy atom. The van der Waals surface area contributed by atoms with Crippen molar-refractivity contribution in [2.45, 2.75) is 19.1 Å². The Kier molecular flexibility index (Phi) is 6.57. The molecule has 2 aliphatic rings. The molecule has 2 amide bonds. The first-order valence-electron chi connectivity index (χ1n) is 11.5. The quantitative estimate of drug-likeness (QED) is 0.227. The van der Waals surface area contributed by atoms with E-state index in [2.05, 4.69) is 15.9 Å². The number of imide groups is 1. The van der Waals surface area contributed by atoms with Gasteiger partial charge in [-0.05, 0) is 70.9 Å². The third kappa shape index (κ3) is 4.30. The van der Waals surface area contributed by atoms with E-state index in [1.54, 1.807) is 48.5 Å². The van der Waals surface area contributed by atoms with Gasteiger partial charge >= 0.3 is 0 Å². The molecule has 2 aliphatic heterocycles. The number of ether oxygens (including phenoxy) is 2. The number of methoxy groups -OCH3 is 1. The molecular weight excluding hydrogens is 546 g/mol. The summed E-state index contributed by atoms with van der Waals surface area (Å²) >= 11 is 3.48. The molecule has 0 bridgehead atoms. The van der Waals surface area contributed by atoms with E-state index in [0.29, 0.717) is 39.5 Å². The van der Waals surface area contributed by atoms with Gasteiger partial charge in [-0.15, -0.1) is 0 Å². The van der Waals surface area contributed by atoms with Gasteiger partial charge in [-0.2, -0.15) is 0 Å². The van der Waals surface area contributed by atoms with Crippen LogP contribution in [0.15, 0.2) is 71.2 Å². The fourth-order valence-electron chi connectivity index (χ4n) is 4.70. The third-order valence-electron chi connectivity index (χ3n) is 6.33. The van der Waals surface area contributed by atoms with Crippen LogP contribution in [0.4, 0.5) is 17.1 Å². The fourth-order valence-corrected chi connectivity index (χ4v) is 5.26. The molecule has 0 spiro atoms. The highest BCUT2D eigenvalue weighted by molar-refractivity contribution is 9.10. The number of anilines is 2. The number of nitro groups is 1. The van der Waals surface area contributed by atoms with Crippen LogP contribution in [0.3, 0.4) is 0 Å². The zero-order valence-corrected chi connectivity index (χ0v) is 21.5. The molecule has 0 N–H and O–H groups in total. The second-order valence-corrected chi connectivity index (χ2v) is 9.29. The number of fused-ring (bicyclic) bond motifs is 1. The summed E-state index contributed by atoms with van der Waals surface area (Å²) in [5.74, 6) is -0.613. The molecule has 2 saturated heterocycles. The van der Waals surface area contributed by atoms with E-state index >= 15 is 0 Å². The molecule has 2 fully saturated rings. The number of halogens is 1. The maximum absolute atomic E-state index is 13.8. The Morgan fingerprint density at radius 2 is 1.78 bits per heavy atom. The van der Waals surface area contributed by atoms with Crippen LogP contribution in [-0.4, -0.2) is 36.6 Å². The van der Waals surface area contributed by atoms with Crippen LogP contribution in [0.25, 0.3) is 0 Å². The van der Waals surface area contributed by atoms with Crippen LogP contribution < -0.4 is 19.4 Å². The summed E-state index contributed by atoms with van der Waals surface area (Å²) in [6.45, 7) is 2.36. The molecule has 190 valence electrons. The van der Waals surface area contributed by atoms with Crippen molar-refractivity contribution in [1.82, 2.24) is 0 Å². The normalized spacial score (nSPS) is 20.8. The number of hydrogen-bond donors (Lipinski definition) is 0. The average molecular weight is 568 g/mol. The minimum absolute atomic E-state index is 0.138. The molecule has 3 atom stereocenters. The van der Waals surface area contributed by atoms with Crippen molar-refractivity contribution in [1.29, 1.82) is 0 Å². The van der Waals surface area contributed by atoms with Gasteiger partial charge in [-0.1, -0.05) is 12.1 Å². The minimum atomic E-state index is -1.11. The van der Waals surface area contributed by atoms with Crippen LogP contribution in [0, 0.1) is 16.0 Å². The summed E-state index contributed by atoms with van der Waals surface area (Å²) in [6, 6.07) is 17.2. The number of hydrogen-bond acceptors (Lipinski definition) is 8. The molecule has 37 heavy (non-hydrogen) atoms.